The summed E-state index contributed by atoms with van der Waals surface area (Å²) in [5.74, 6) is 0. The maximum absolute atomic E-state index is 12.1. The minimum atomic E-state index is -3.12. The minimum Gasteiger partial charge on any atom is -0.317 e. The fourth-order valence-corrected chi connectivity index (χ4v) is 3.62. The molecule has 1 N–H and O–H groups in total. The third-order valence-corrected chi connectivity index (χ3v) is 5.02. The van der Waals surface area contributed by atoms with Gasteiger partial charge in [-0.2, -0.15) is 0 Å². The number of hydrogen-bond acceptors (Lipinski definition) is 3. The van der Waals surface area contributed by atoms with Gasteiger partial charge in [0.25, 0.3) is 0 Å². The molecule has 3 nitrogen and oxygen atoms in total. The first kappa shape index (κ1) is 10.6. The number of nitrogens with one attached hydrogen (secondary N) is 1. The highest BCUT2D eigenvalue weighted by Gasteiger charge is 2.28. The van der Waals surface area contributed by atoms with Crippen LogP contribution in [0.25, 0.3) is 0 Å². The third kappa shape index (κ3) is 2.21. The van der Waals surface area contributed by atoms with Gasteiger partial charge in [0, 0.05) is 0 Å². The molecule has 1 radical (unpaired) electrons. The summed E-state index contributed by atoms with van der Waals surface area (Å²) < 4.78 is 24.3. The molecule has 1 saturated heterocycles. The fraction of sp³-hybridized carbons (Fsp3) is 0.455. The van der Waals surface area contributed by atoms with Gasteiger partial charge in [0.05, 0.1) is 10.1 Å². The van der Waals surface area contributed by atoms with Gasteiger partial charge < -0.3 is 5.32 Å². The van der Waals surface area contributed by atoms with E-state index in [0.717, 1.165) is 13.1 Å². The second-order valence-electron chi connectivity index (χ2n) is 3.73. The van der Waals surface area contributed by atoms with Crippen LogP contribution in [0.3, 0.4) is 0 Å². The average molecular weight is 224 g/mol. The quantitative estimate of drug-likeness (QED) is 0.815. The van der Waals surface area contributed by atoms with Gasteiger partial charge in [-0.3, -0.25) is 0 Å². The topological polar surface area (TPSA) is 46.2 Å². The van der Waals surface area contributed by atoms with Crippen molar-refractivity contribution in [1.82, 2.24) is 5.32 Å². The normalized spacial score (nSPS) is 18.9. The first-order valence-corrected chi connectivity index (χ1v) is 6.66. The summed E-state index contributed by atoms with van der Waals surface area (Å²) in [6.07, 6.45) is 1.42. The van der Waals surface area contributed by atoms with Crippen molar-refractivity contribution in [2.75, 3.05) is 13.1 Å². The summed E-state index contributed by atoms with van der Waals surface area (Å²) >= 11 is 0. The molecular formula is C11H14NO2S. The predicted molar refractivity (Wildman–Crippen MR) is 58.4 cm³/mol. The van der Waals surface area contributed by atoms with E-state index in [1.54, 1.807) is 24.3 Å². The van der Waals surface area contributed by atoms with E-state index in [0.29, 0.717) is 17.7 Å². The average Bonchev–Trinajstić information content (AvgIpc) is 2.31. The van der Waals surface area contributed by atoms with E-state index in [-0.39, 0.29) is 5.25 Å². The van der Waals surface area contributed by atoms with Crippen LogP contribution in [0.1, 0.15) is 12.8 Å². The van der Waals surface area contributed by atoms with Crippen molar-refractivity contribution in [3.63, 3.8) is 0 Å². The molecule has 0 atom stereocenters. The lowest BCUT2D eigenvalue weighted by atomic mass is 10.2. The van der Waals surface area contributed by atoms with E-state index in [4.69, 9.17) is 0 Å². The molecule has 1 fully saturated rings. The second-order valence-corrected chi connectivity index (χ2v) is 5.96. The SMILES string of the molecule is O=S(=O)(c1cc[c]cc1)C1CCNCC1. The van der Waals surface area contributed by atoms with E-state index in [1.165, 1.54) is 0 Å². The van der Waals surface area contributed by atoms with Crippen LogP contribution in [0.15, 0.2) is 29.2 Å². The van der Waals surface area contributed by atoms with Crippen LogP contribution >= 0.6 is 0 Å². The van der Waals surface area contributed by atoms with Crippen molar-refractivity contribution >= 4 is 9.84 Å². The number of piperidine rings is 1. The van der Waals surface area contributed by atoms with E-state index < -0.39 is 9.84 Å². The Balaban J connectivity index is 2.26. The zero-order chi connectivity index (χ0) is 10.7. The van der Waals surface area contributed by atoms with E-state index >= 15 is 0 Å². The summed E-state index contributed by atoms with van der Waals surface area (Å²) in [5.41, 5.74) is 0. The fourth-order valence-electron chi connectivity index (χ4n) is 1.86. The Morgan fingerprint density at radius 3 is 2.40 bits per heavy atom. The molecule has 0 bridgehead atoms. The van der Waals surface area contributed by atoms with Crippen LogP contribution < -0.4 is 5.32 Å². The summed E-state index contributed by atoms with van der Waals surface area (Å²) in [6.45, 7) is 1.59. The van der Waals surface area contributed by atoms with Crippen molar-refractivity contribution in [3.8, 4) is 0 Å². The molecule has 4 heteroatoms. The molecule has 0 aliphatic carbocycles. The Morgan fingerprint density at radius 1 is 1.20 bits per heavy atom. The van der Waals surface area contributed by atoms with Crippen LogP contribution in [0.4, 0.5) is 0 Å². The molecule has 1 aliphatic heterocycles. The van der Waals surface area contributed by atoms with Crippen molar-refractivity contribution in [1.29, 1.82) is 0 Å². The maximum Gasteiger partial charge on any atom is 0.181 e. The minimum absolute atomic E-state index is 0.221. The molecule has 1 aliphatic rings. The van der Waals surface area contributed by atoms with Gasteiger partial charge in [0.15, 0.2) is 9.84 Å². The number of hydrogen-bond donors (Lipinski definition) is 1. The van der Waals surface area contributed by atoms with Gasteiger partial charge in [0.2, 0.25) is 0 Å². The molecule has 0 unspecified atom stereocenters. The van der Waals surface area contributed by atoms with Crippen LogP contribution in [0.2, 0.25) is 0 Å². The summed E-state index contributed by atoms with van der Waals surface area (Å²) in [6, 6.07) is 9.37. The zero-order valence-corrected chi connectivity index (χ0v) is 9.26. The number of benzene rings is 1. The summed E-state index contributed by atoms with van der Waals surface area (Å²) in [7, 11) is -3.12. The molecule has 2 rings (SSSR count). The van der Waals surface area contributed by atoms with Crippen molar-refractivity contribution < 1.29 is 8.42 Å². The van der Waals surface area contributed by atoms with Gasteiger partial charge in [-0.25, -0.2) is 8.42 Å². The van der Waals surface area contributed by atoms with E-state index in [9.17, 15) is 8.42 Å². The molecule has 0 saturated carbocycles. The highest BCUT2D eigenvalue weighted by atomic mass is 32.2. The van der Waals surface area contributed by atoms with Crippen molar-refractivity contribution in [2.45, 2.75) is 23.0 Å². The first-order valence-electron chi connectivity index (χ1n) is 5.12. The number of rotatable bonds is 2. The Bertz CT molecular complexity index is 407. The molecule has 15 heavy (non-hydrogen) atoms. The van der Waals surface area contributed by atoms with Crippen molar-refractivity contribution in [3.05, 3.63) is 30.3 Å². The molecule has 0 amide bonds. The zero-order valence-electron chi connectivity index (χ0n) is 8.44. The largest absolute Gasteiger partial charge is 0.317 e. The molecule has 0 spiro atoms. The number of sulfone groups is 1. The van der Waals surface area contributed by atoms with Crippen LogP contribution in [0.5, 0.6) is 0 Å². The van der Waals surface area contributed by atoms with Crippen molar-refractivity contribution in [2.24, 2.45) is 0 Å². The molecular weight excluding hydrogens is 210 g/mol. The van der Waals surface area contributed by atoms with E-state index in [2.05, 4.69) is 11.4 Å². The Kier molecular flexibility index (Phi) is 3.07. The molecule has 1 aromatic rings. The smallest absolute Gasteiger partial charge is 0.181 e. The Labute approximate surface area is 90.4 Å². The molecule has 0 aromatic heterocycles. The van der Waals surface area contributed by atoms with Gasteiger partial charge in [-0.1, -0.05) is 12.1 Å². The maximum atomic E-state index is 12.1. The van der Waals surface area contributed by atoms with Crippen LogP contribution in [-0.2, 0) is 9.84 Å². The van der Waals surface area contributed by atoms with Gasteiger partial charge in [-0.15, -0.1) is 0 Å². The summed E-state index contributed by atoms with van der Waals surface area (Å²) in [5, 5.41) is 2.95. The third-order valence-electron chi connectivity index (χ3n) is 2.74. The lowest BCUT2D eigenvalue weighted by Crippen LogP contribution is -2.35. The van der Waals surface area contributed by atoms with Gasteiger partial charge in [-0.05, 0) is 44.1 Å². The second kappa shape index (κ2) is 4.33. The monoisotopic (exact) mass is 224 g/mol. The lowest BCUT2D eigenvalue weighted by Gasteiger charge is -2.22. The summed E-state index contributed by atoms with van der Waals surface area (Å²) in [4.78, 5) is 0.424. The predicted octanol–water partition coefficient (Wildman–Crippen LogP) is 1.01. The van der Waals surface area contributed by atoms with Gasteiger partial charge >= 0.3 is 0 Å². The van der Waals surface area contributed by atoms with Crippen LogP contribution in [0, 0.1) is 6.07 Å². The lowest BCUT2D eigenvalue weighted by molar-refractivity contribution is 0.496. The molecule has 1 heterocycles. The van der Waals surface area contributed by atoms with Crippen LogP contribution in [-0.4, -0.2) is 26.8 Å². The molecule has 1 aromatic carbocycles. The highest BCUT2D eigenvalue weighted by molar-refractivity contribution is 7.92. The Hall–Kier alpha value is -0.870. The first-order chi connectivity index (χ1) is 7.21. The van der Waals surface area contributed by atoms with Gasteiger partial charge in [0.1, 0.15) is 0 Å². The standard InChI is InChI=1S/C11H14NO2S/c13-15(14,10-4-2-1-3-5-10)11-6-8-12-9-7-11/h2-5,11-12H,6-9H2. The molecule has 81 valence electrons. The van der Waals surface area contributed by atoms with E-state index in [1.807, 2.05) is 0 Å². The Morgan fingerprint density at radius 2 is 1.80 bits per heavy atom. The highest BCUT2D eigenvalue weighted by Crippen LogP contribution is 2.21.